The Morgan fingerprint density at radius 1 is 1.13 bits per heavy atom. The van der Waals surface area contributed by atoms with Gasteiger partial charge in [-0.15, -0.1) is 0 Å². The molecule has 8 heteroatoms. The van der Waals surface area contributed by atoms with E-state index in [9.17, 15) is 17.6 Å². The van der Waals surface area contributed by atoms with Gasteiger partial charge in [-0.3, -0.25) is 9.78 Å². The van der Waals surface area contributed by atoms with Crippen LogP contribution in [-0.2, 0) is 16.4 Å². The maximum Gasteiger partial charge on any atom is 0.252 e. The Labute approximate surface area is 174 Å². The van der Waals surface area contributed by atoms with Gasteiger partial charge in [0.25, 0.3) is 5.91 Å². The summed E-state index contributed by atoms with van der Waals surface area (Å²) < 4.78 is 39.8. The molecule has 6 nitrogen and oxygen atoms in total. The minimum atomic E-state index is -3.99. The molecule has 2 N–H and O–H groups in total. The Morgan fingerprint density at radius 3 is 2.63 bits per heavy atom. The second-order valence-electron chi connectivity index (χ2n) is 6.40. The first-order chi connectivity index (χ1) is 14.4. The molecule has 1 atom stereocenters. The predicted molar refractivity (Wildman–Crippen MR) is 113 cm³/mol. The van der Waals surface area contributed by atoms with Crippen LogP contribution in [0.15, 0.2) is 90.6 Å². The standard InChI is InChI=1S/C22H20FN3O3S/c1-2-21(26-18-9-6-12-24-15-18)30(28,29)20-11-4-3-10-19(20)22(27)25-14-16-7-5-8-17(23)13-16/h2-13,15,21,26H,1,14H2,(H,25,27). The number of aromatic nitrogens is 1. The Bertz CT molecular complexity index is 1150. The molecule has 0 saturated carbocycles. The summed E-state index contributed by atoms with van der Waals surface area (Å²) in [7, 11) is -3.99. The number of hydrogen-bond donors (Lipinski definition) is 2. The third kappa shape index (κ3) is 4.90. The second-order valence-corrected chi connectivity index (χ2v) is 8.43. The van der Waals surface area contributed by atoms with E-state index in [1.165, 1.54) is 42.6 Å². The third-order valence-electron chi connectivity index (χ3n) is 4.30. The number of anilines is 1. The number of rotatable bonds is 8. The van der Waals surface area contributed by atoms with Crippen molar-refractivity contribution in [3.63, 3.8) is 0 Å². The average molecular weight is 425 g/mol. The monoisotopic (exact) mass is 425 g/mol. The van der Waals surface area contributed by atoms with Gasteiger partial charge in [-0.25, -0.2) is 12.8 Å². The van der Waals surface area contributed by atoms with Crippen molar-refractivity contribution < 1.29 is 17.6 Å². The highest BCUT2D eigenvalue weighted by Gasteiger charge is 2.29. The molecule has 0 aliphatic carbocycles. The largest absolute Gasteiger partial charge is 0.364 e. The molecule has 30 heavy (non-hydrogen) atoms. The van der Waals surface area contributed by atoms with Crippen LogP contribution in [0.1, 0.15) is 15.9 Å². The van der Waals surface area contributed by atoms with Crippen molar-refractivity contribution in [1.29, 1.82) is 0 Å². The van der Waals surface area contributed by atoms with Gasteiger partial charge in [0.15, 0.2) is 5.37 Å². The second kappa shape index (κ2) is 9.32. The highest BCUT2D eigenvalue weighted by atomic mass is 32.2. The fraction of sp³-hybridized carbons (Fsp3) is 0.0909. The minimum absolute atomic E-state index is 0.00580. The molecule has 0 bridgehead atoms. The van der Waals surface area contributed by atoms with Gasteiger partial charge in [0.1, 0.15) is 5.82 Å². The van der Waals surface area contributed by atoms with Crippen LogP contribution in [0.4, 0.5) is 10.1 Å². The summed E-state index contributed by atoms with van der Waals surface area (Å²) in [5.74, 6) is -0.998. The lowest BCUT2D eigenvalue weighted by molar-refractivity contribution is 0.0947. The predicted octanol–water partition coefficient (Wildman–Crippen LogP) is 3.55. The van der Waals surface area contributed by atoms with Crippen LogP contribution < -0.4 is 10.6 Å². The van der Waals surface area contributed by atoms with Gasteiger partial charge in [-0.2, -0.15) is 0 Å². The van der Waals surface area contributed by atoms with E-state index in [1.54, 1.807) is 36.5 Å². The molecule has 3 aromatic rings. The normalized spacial score (nSPS) is 12.0. The molecule has 1 unspecified atom stereocenters. The molecule has 1 aromatic heterocycles. The van der Waals surface area contributed by atoms with Gasteiger partial charge < -0.3 is 10.6 Å². The maximum atomic E-state index is 13.3. The molecule has 0 spiro atoms. The van der Waals surface area contributed by atoms with E-state index in [4.69, 9.17) is 0 Å². The minimum Gasteiger partial charge on any atom is -0.364 e. The third-order valence-corrected chi connectivity index (χ3v) is 6.25. The Balaban J connectivity index is 1.85. The fourth-order valence-corrected chi connectivity index (χ4v) is 4.39. The van der Waals surface area contributed by atoms with E-state index in [0.717, 1.165) is 0 Å². The van der Waals surface area contributed by atoms with Gasteiger partial charge in [0.05, 0.1) is 16.1 Å². The van der Waals surface area contributed by atoms with Crippen LogP contribution in [0.25, 0.3) is 0 Å². The number of carbonyl (C=O) groups is 1. The Hall–Kier alpha value is -3.52. The lowest BCUT2D eigenvalue weighted by atomic mass is 10.2. The highest BCUT2D eigenvalue weighted by molar-refractivity contribution is 7.92. The average Bonchev–Trinajstić information content (AvgIpc) is 2.76. The topological polar surface area (TPSA) is 88.2 Å². The number of nitrogens with one attached hydrogen (secondary N) is 2. The van der Waals surface area contributed by atoms with Crippen LogP contribution in [0.2, 0.25) is 0 Å². The number of benzene rings is 2. The summed E-state index contributed by atoms with van der Waals surface area (Å²) in [5.41, 5.74) is 1.05. The van der Waals surface area contributed by atoms with Crippen molar-refractivity contribution >= 4 is 21.4 Å². The Morgan fingerprint density at radius 2 is 1.93 bits per heavy atom. The van der Waals surface area contributed by atoms with Crippen molar-refractivity contribution in [3.05, 3.63) is 103 Å². The van der Waals surface area contributed by atoms with Crippen molar-refractivity contribution in [3.8, 4) is 0 Å². The van der Waals surface area contributed by atoms with E-state index in [2.05, 4.69) is 22.2 Å². The summed E-state index contributed by atoms with van der Waals surface area (Å²) in [6.45, 7) is 3.67. The number of hydrogen-bond acceptors (Lipinski definition) is 5. The van der Waals surface area contributed by atoms with Crippen LogP contribution in [0.3, 0.4) is 0 Å². The van der Waals surface area contributed by atoms with Crippen molar-refractivity contribution in [2.45, 2.75) is 16.8 Å². The van der Waals surface area contributed by atoms with Crippen LogP contribution in [-0.4, -0.2) is 24.7 Å². The number of sulfone groups is 1. The number of halogens is 1. The zero-order chi connectivity index (χ0) is 21.6. The highest BCUT2D eigenvalue weighted by Crippen LogP contribution is 2.23. The number of carbonyl (C=O) groups excluding carboxylic acids is 1. The molecule has 0 saturated heterocycles. The van der Waals surface area contributed by atoms with E-state index in [0.29, 0.717) is 11.3 Å². The summed E-state index contributed by atoms with van der Waals surface area (Å²) in [6.07, 6.45) is 4.31. The van der Waals surface area contributed by atoms with Gasteiger partial charge >= 0.3 is 0 Å². The number of amides is 1. The van der Waals surface area contributed by atoms with Gasteiger partial charge in [-0.1, -0.05) is 36.9 Å². The maximum absolute atomic E-state index is 13.3. The van der Waals surface area contributed by atoms with Crippen molar-refractivity contribution in [2.75, 3.05) is 5.32 Å². The molecule has 0 aliphatic heterocycles. The smallest absolute Gasteiger partial charge is 0.252 e. The molecule has 154 valence electrons. The molecule has 1 heterocycles. The molecule has 0 radical (unpaired) electrons. The van der Waals surface area contributed by atoms with E-state index < -0.39 is 26.9 Å². The lowest BCUT2D eigenvalue weighted by Crippen LogP contribution is -2.31. The lowest BCUT2D eigenvalue weighted by Gasteiger charge is -2.18. The van der Waals surface area contributed by atoms with Crippen LogP contribution in [0, 0.1) is 5.82 Å². The van der Waals surface area contributed by atoms with Crippen molar-refractivity contribution in [1.82, 2.24) is 10.3 Å². The van der Waals surface area contributed by atoms with Crippen LogP contribution in [0.5, 0.6) is 0 Å². The van der Waals surface area contributed by atoms with Crippen molar-refractivity contribution in [2.24, 2.45) is 0 Å². The summed E-state index contributed by atoms with van der Waals surface area (Å²) in [6, 6.07) is 15.1. The molecule has 2 aromatic carbocycles. The first-order valence-electron chi connectivity index (χ1n) is 9.06. The van der Waals surface area contributed by atoms with E-state index >= 15 is 0 Å². The summed E-state index contributed by atoms with van der Waals surface area (Å²) in [5, 5.41) is 4.32. The first-order valence-corrected chi connectivity index (χ1v) is 10.6. The summed E-state index contributed by atoms with van der Waals surface area (Å²) in [4.78, 5) is 16.5. The zero-order valence-electron chi connectivity index (χ0n) is 16.0. The quantitative estimate of drug-likeness (QED) is 0.539. The van der Waals surface area contributed by atoms with Gasteiger partial charge in [0.2, 0.25) is 9.84 Å². The molecular weight excluding hydrogens is 405 g/mol. The van der Waals surface area contributed by atoms with E-state index in [1.807, 2.05) is 0 Å². The fourth-order valence-electron chi connectivity index (χ4n) is 2.84. The number of nitrogens with zero attached hydrogens (tertiary/aromatic N) is 1. The molecule has 0 fully saturated rings. The molecular formula is C22H20FN3O3S. The molecule has 1 amide bonds. The summed E-state index contributed by atoms with van der Waals surface area (Å²) >= 11 is 0. The molecule has 0 aliphatic rings. The van der Waals surface area contributed by atoms with Gasteiger partial charge in [-0.05, 0) is 42.0 Å². The van der Waals surface area contributed by atoms with Gasteiger partial charge in [0, 0.05) is 18.9 Å². The van der Waals surface area contributed by atoms with E-state index in [-0.39, 0.29) is 17.0 Å². The number of pyridine rings is 1. The first kappa shape index (κ1) is 21.2. The van der Waals surface area contributed by atoms with Crippen LogP contribution >= 0.6 is 0 Å². The molecule has 3 rings (SSSR count). The zero-order valence-corrected chi connectivity index (χ0v) is 16.8. The SMILES string of the molecule is C=CC(Nc1cccnc1)S(=O)(=O)c1ccccc1C(=O)NCc1cccc(F)c1. The Kier molecular flexibility index (Phi) is 6.58.